The summed E-state index contributed by atoms with van der Waals surface area (Å²) in [5.41, 5.74) is 3.04. The van der Waals surface area contributed by atoms with Crippen molar-refractivity contribution in [3.05, 3.63) is 63.6 Å². The largest absolute Gasteiger partial charge is 0.396 e. The number of nitrogens with zero attached hydrogens (tertiary/aromatic N) is 6. The first kappa shape index (κ1) is 29.1. The average Bonchev–Trinajstić information content (AvgIpc) is 3.44. The Morgan fingerprint density at radius 3 is 2.49 bits per heavy atom. The van der Waals surface area contributed by atoms with Crippen LogP contribution in [0.1, 0.15) is 51.2 Å². The van der Waals surface area contributed by atoms with Crippen molar-refractivity contribution in [2.45, 2.75) is 65.0 Å². The van der Waals surface area contributed by atoms with Gasteiger partial charge < -0.3 is 19.8 Å². The predicted octanol–water partition coefficient (Wildman–Crippen LogP) is 4.13. The van der Waals surface area contributed by atoms with Crippen LogP contribution in [0.3, 0.4) is 0 Å². The highest BCUT2D eigenvalue weighted by atomic mass is 35.5. The maximum Gasteiger partial charge on any atom is 0.355 e. The molecule has 10 heteroatoms. The van der Waals surface area contributed by atoms with Gasteiger partial charge in [-0.2, -0.15) is 4.98 Å². The van der Waals surface area contributed by atoms with E-state index in [1.807, 2.05) is 31.2 Å². The zero-order valence-corrected chi connectivity index (χ0v) is 24.9. The Morgan fingerprint density at radius 2 is 1.85 bits per heavy atom. The normalized spacial score (nSPS) is 19.3. The molecule has 0 bridgehead atoms. The van der Waals surface area contributed by atoms with Gasteiger partial charge in [-0.25, -0.2) is 14.3 Å². The van der Waals surface area contributed by atoms with E-state index < -0.39 is 5.69 Å². The molecule has 41 heavy (non-hydrogen) atoms. The molecule has 2 aliphatic rings. The van der Waals surface area contributed by atoms with Gasteiger partial charge in [0.05, 0.1) is 16.1 Å². The maximum absolute atomic E-state index is 14.1. The van der Waals surface area contributed by atoms with Crippen LogP contribution in [0.4, 0.5) is 11.6 Å². The van der Waals surface area contributed by atoms with E-state index in [2.05, 4.69) is 35.2 Å². The lowest BCUT2D eigenvalue weighted by molar-refractivity contribution is -0.126. The van der Waals surface area contributed by atoms with Crippen LogP contribution in [-0.2, 0) is 17.6 Å². The van der Waals surface area contributed by atoms with E-state index in [1.54, 1.807) is 9.47 Å². The number of benzene rings is 1. The van der Waals surface area contributed by atoms with E-state index in [-0.39, 0.29) is 24.6 Å². The summed E-state index contributed by atoms with van der Waals surface area (Å²) in [5, 5.41) is 10.9. The molecule has 3 aromatic rings. The Morgan fingerprint density at radius 1 is 1.12 bits per heavy atom. The highest BCUT2D eigenvalue weighted by Crippen LogP contribution is 2.37. The van der Waals surface area contributed by atoms with Crippen LogP contribution >= 0.6 is 11.6 Å². The molecular weight excluding hydrogens is 540 g/mol. The first-order valence-electron chi connectivity index (χ1n) is 14.6. The van der Waals surface area contributed by atoms with Crippen molar-refractivity contribution < 1.29 is 9.90 Å². The van der Waals surface area contributed by atoms with Crippen molar-refractivity contribution >= 4 is 40.2 Å². The van der Waals surface area contributed by atoms with Gasteiger partial charge in [0.15, 0.2) is 5.65 Å². The number of anilines is 2. The Labute approximate surface area is 246 Å². The van der Waals surface area contributed by atoms with Gasteiger partial charge >= 0.3 is 5.69 Å². The first-order chi connectivity index (χ1) is 19.8. The van der Waals surface area contributed by atoms with Crippen molar-refractivity contribution in [2.75, 3.05) is 42.6 Å². The van der Waals surface area contributed by atoms with Crippen molar-refractivity contribution in [1.82, 2.24) is 19.4 Å². The van der Waals surface area contributed by atoms with E-state index in [4.69, 9.17) is 16.6 Å². The molecule has 218 valence electrons. The highest BCUT2D eigenvalue weighted by Gasteiger charge is 2.32. The minimum Gasteiger partial charge on any atom is -0.396 e. The van der Waals surface area contributed by atoms with Crippen molar-refractivity contribution in [3.8, 4) is 5.69 Å². The number of amides is 1. The zero-order valence-electron chi connectivity index (χ0n) is 24.1. The summed E-state index contributed by atoms with van der Waals surface area (Å²) in [5.74, 6) is 1.05. The molecule has 1 amide bonds. The topological polar surface area (TPSA) is 94.8 Å². The number of aromatic nitrogens is 3. The highest BCUT2D eigenvalue weighted by molar-refractivity contribution is 6.33. The summed E-state index contributed by atoms with van der Waals surface area (Å²) in [7, 11) is 0. The Hall–Kier alpha value is -3.43. The quantitative estimate of drug-likeness (QED) is 0.402. The third-order valence-electron chi connectivity index (χ3n) is 8.47. The number of pyridine rings is 1. The third kappa shape index (κ3) is 5.33. The fourth-order valence-corrected chi connectivity index (χ4v) is 6.65. The summed E-state index contributed by atoms with van der Waals surface area (Å²) in [6.07, 6.45) is 5.41. The second-order valence-electron chi connectivity index (χ2n) is 10.9. The van der Waals surface area contributed by atoms with Gasteiger partial charge in [-0.05, 0) is 62.3 Å². The second kappa shape index (κ2) is 12.2. The number of aryl methyl sites for hydroxylation is 2. The molecule has 2 aromatic heterocycles. The van der Waals surface area contributed by atoms with E-state index in [9.17, 15) is 14.7 Å². The number of rotatable bonds is 8. The van der Waals surface area contributed by atoms with E-state index in [0.717, 1.165) is 49.0 Å². The summed E-state index contributed by atoms with van der Waals surface area (Å²) in [4.78, 5) is 42.2. The molecule has 2 saturated heterocycles. The number of para-hydroxylation sites is 1. The molecule has 0 radical (unpaired) electrons. The van der Waals surface area contributed by atoms with Crippen LogP contribution in [0.5, 0.6) is 0 Å². The molecule has 9 nitrogen and oxygen atoms in total. The lowest BCUT2D eigenvalue weighted by atomic mass is 10.0. The van der Waals surface area contributed by atoms with Gasteiger partial charge in [0.25, 0.3) is 0 Å². The lowest BCUT2D eigenvalue weighted by Gasteiger charge is -2.40. The van der Waals surface area contributed by atoms with Crippen LogP contribution in [0, 0.1) is 0 Å². The van der Waals surface area contributed by atoms with E-state index >= 15 is 0 Å². The fraction of sp³-hybridized carbons (Fsp3) is 0.484. The number of piperazine rings is 1. The van der Waals surface area contributed by atoms with Crippen LogP contribution in [-0.4, -0.2) is 75.3 Å². The molecule has 1 N–H and O–H groups in total. The van der Waals surface area contributed by atoms with Crippen LogP contribution in [0.25, 0.3) is 16.7 Å². The fourth-order valence-electron chi connectivity index (χ4n) is 6.39. The summed E-state index contributed by atoms with van der Waals surface area (Å²) >= 11 is 6.97. The van der Waals surface area contributed by atoms with Gasteiger partial charge in [0.2, 0.25) is 5.91 Å². The van der Waals surface area contributed by atoms with Gasteiger partial charge in [-0.15, -0.1) is 0 Å². The van der Waals surface area contributed by atoms with E-state index in [0.29, 0.717) is 53.7 Å². The number of halogens is 1. The molecule has 4 heterocycles. The number of carbonyl (C=O) groups excluding carboxylic acids is 1. The molecule has 2 aliphatic heterocycles. The number of aliphatic hydroxyl groups excluding tert-OH is 1. The minimum absolute atomic E-state index is 0.0845. The van der Waals surface area contributed by atoms with Gasteiger partial charge in [-0.1, -0.05) is 50.2 Å². The number of aliphatic hydroxyl groups is 1. The zero-order chi connectivity index (χ0) is 29.3. The molecule has 2 fully saturated rings. The van der Waals surface area contributed by atoms with Crippen molar-refractivity contribution in [1.29, 1.82) is 0 Å². The molecule has 2 atom stereocenters. The molecular formula is C31H39ClN6O3. The molecule has 0 aliphatic carbocycles. The lowest BCUT2D eigenvalue weighted by Crippen LogP contribution is -2.54. The van der Waals surface area contributed by atoms with Gasteiger partial charge in [0, 0.05) is 44.9 Å². The molecule has 1 aromatic carbocycles. The van der Waals surface area contributed by atoms with Crippen molar-refractivity contribution in [3.63, 3.8) is 0 Å². The Kier molecular flexibility index (Phi) is 8.66. The average molecular weight is 579 g/mol. The Bertz CT molecular complexity index is 1500. The number of hydrogen-bond donors (Lipinski definition) is 1. The SMILES string of the molecule is C=CC(=O)N1CCN(c2nc(=O)n(-c3c(CC)cccc3CC)c3nc(N4CCC[C@@H]4CCO)c(Cl)cc23)[C@@H](C)C1. The molecule has 0 saturated carbocycles. The molecule has 5 rings (SSSR count). The summed E-state index contributed by atoms with van der Waals surface area (Å²) in [6, 6.07) is 8.06. The first-order valence-corrected chi connectivity index (χ1v) is 15.0. The summed E-state index contributed by atoms with van der Waals surface area (Å²) in [6.45, 7) is 12.2. The smallest absolute Gasteiger partial charge is 0.355 e. The second-order valence-corrected chi connectivity index (χ2v) is 11.3. The van der Waals surface area contributed by atoms with Crippen LogP contribution < -0.4 is 15.5 Å². The molecule has 0 spiro atoms. The van der Waals surface area contributed by atoms with Crippen LogP contribution in [0.2, 0.25) is 5.02 Å². The standard InChI is InChI=1S/C31H39ClN6O3/c1-5-21-10-8-11-22(6-2)27(21)38-29-24(18-25(32)30(33-29)37-14-9-12-23(37)13-17-39)28(34-31(38)41)36-16-15-35(19-20(36)4)26(40)7-3/h7-8,10-11,18,20,23,39H,3,5-6,9,12-17,19H2,1-2,4H3/t20-,23+/m0/s1. The van der Waals surface area contributed by atoms with Gasteiger partial charge in [0.1, 0.15) is 11.6 Å². The third-order valence-corrected chi connectivity index (χ3v) is 8.75. The van der Waals surface area contributed by atoms with Crippen molar-refractivity contribution in [2.24, 2.45) is 0 Å². The number of carbonyl (C=O) groups is 1. The number of hydrogen-bond acceptors (Lipinski definition) is 7. The predicted molar refractivity (Wildman–Crippen MR) is 165 cm³/mol. The maximum atomic E-state index is 14.1. The summed E-state index contributed by atoms with van der Waals surface area (Å²) < 4.78 is 1.66. The molecule has 0 unspecified atom stereocenters. The monoisotopic (exact) mass is 578 g/mol. The van der Waals surface area contributed by atoms with Gasteiger partial charge in [-0.3, -0.25) is 4.79 Å². The minimum atomic E-state index is -0.394. The Balaban J connectivity index is 1.75. The van der Waals surface area contributed by atoms with Crippen LogP contribution in [0.15, 0.2) is 41.7 Å². The number of fused-ring (bicyclic) bond motifs is 1. The van der Waals surface area contributed by atoms with E-state index in [1.165, 1.54) is 6.08 Å².